The van der Waals surface area contributed by atoms with E-state index in [1.807, 2.05) is 30.3 Å². The molecular weight excluding hydrogens is 438 g/mol. The van der Waals surface area contributed by atoms with E-state index in [1.165, 1.54) is 12.8 Å². The average Bonchev–Trinajstić information content (AvgIpc) is 2.98. The van der Waals surface area contributed by atoms with Gasteiger partial charge in [-0.05, 0) is 80.5 Å². The van der Waals surface area contributed by atoms with Crippen LogP contribution in [0.15, 0.2) is 54.6 Å². The van der Waals surface area contributed by atoms with Crippen molar-refractivity contribution in [1.82, 2.24) is 4.90 Å². The molecular formula is C29H41NO3Si. The monoisotopic (exact) mass is 479 g/mol. The lowest BCUT2D eigenvalue weighted by molar-refractivity contribution is -0.154. The van der Waals surface area contributed by atoms with Crippen LogP contribution in [0.5, 0.6) is 5.75 Å². The lowest BCUT2D eigenvalue weighted by Gasteiger charge is -2.36. The summed E-state index contributed by atoms with van der Waals surface area (Å²) in [6, 6.07) is 19.5. The number of piperidine rings is 1. The largest absolute Gasteiger partial charge is 0.544 e. The number of benzene rings is 2. The maximum absolute atomic E-state index is 13.4. The molecule has 0 saturated carbocycles. The van der Waals surface area contributed by atoms with E-state index in [4.69, 9.17) is 9.16 Å². The number of fused-ring (bicyclic) bond motifs is 2. The highest BCUT2D eigenvalue weighted by Crippen LogP contribution is 2.38. The second-order valence-electron chi connectivity index (χ2n) is 11.8. The molecule has 4 nitrogen and oxygen atoms in total. The normalized spacial score (nSPS) is 24.0. The molecule has 34 heavy (non-hydrogen) atoms. The van der Waals surface area contributed by atoms with Gasteiger partial charge < -0.3 is 14.1 Å². The molecule has 0 radical (unpaired) electrons. The maximum atomic E-state index is 13.4. The lowest BCUT2D eigenvalue weighted by atomic mass is 9.91. The summed E-state index contributed by atoms with van der Waals surface area (Å²) >= 11 is 0. The van der Waals surface area contributed by atoms with E-state index in [9.17, 15) is 4.79 Å². The van der Waals surface area contributed by atoms with Crippen LogP contribution < -0.4 is 4.43 Å². The first-order valence-corrected chi connectivity index (χ1v) is 15.7. The molecule has 0 aliphatic carbocycles. The molecule has 2 fully saturated rings. The predicted molar refractivity (Wildman–Crippen MR) is 141 cm³/mol. The summed E-state index contributed by atoms with van der Waals surface area (Å²) in [6.07, 6.45) is 5.02. The van der Waals surface area contributed by atoms with E-state index in [-0.39, 0.29) is 23.0 Å². The van der Waals surface area contributed by atoms with Crippen molar-refractivity contribution < 1.29 is 14.0 Å². The fourth-order valence-electron chi connectivity index (χ4n) is 5.10. The van der Waals surface area contributed by atoms with Crippen LogP contribution in [0.4, 0.5) is 0 Å². The highest BCUT2D eigenvalue weighted by molar-refractivity contribution is 6.74. The van der Waals surface area contributed by atoms with Crippen molar-refractivity contribution in [2.75, 3.05) is 7.05 Å². The van der Waals surface area contributed by atoms with Crippen molar-refractivity contribution in [1.29, 1.82) is 0 Å². The maximum Gasteiger partial charge on any atom is 0.314 e. The zero-order chi connectivity index (χ0) is 24.5. The Morgan fingerprint density at radius 3 is 2.15 bits per heavy atom. The van der Waals surface area contributed by atoms with Gasteiger partial charge in [-0.15, -0.1) is 0 Å². The zero-order valence-corrected chi connectivity index (χ0v) is 22.7. The molecule has 4 rings (SSSR count). The van der Waals surface area contributed by atoms with Crippen molar-refractivity contribution >= 4 is 14.3 Å². The number of ether oxygens (including phenoxy) is 1. The lowest BCUT2D eigenvalue weighted by Crippen LogP contribution is -2.43. The molecule has 3 atom stereocenters. The molecule has 2 aromatic rings. The van der Waals surface area contributed by atoms with E-state index >= 15 is 0 Å². The minimum absolute atomic E-state index is 0.0350. The van der Waals surface area contributed by atoms with Gasteiger partial charge in [-0.2, -0.15) is 0 Å². The molecule has 184 valence electrons. The summed E-state index contributed by atoms with van der Waals surface area (Å²) in [6.45, 7) is 11.3. The fraction of sp³-hybridized carbons (Fsp3) is 0.552. The molecule has 3 unspecified atom stereocenters. The minimum atomic E-state index is -1.88. The fourth-order valence-corrected chi connectivity index (χ4v) is 6.14. The van der Waals surface area contributed by atoms with Crippen molar-refractivity contribution in [3.05, 3.63) is 65.7 Å². The minimum Gasteiger partial charge on any atom is -0.544 e. The average molecular weight is 480 g/mol. The zero-order valence-electron chi connectivity index (χ0n) is 21.7. The van der Waals surface area contributed by atoms with Gasteiger partial charge in [0.25, 0.3) is 0 Å². The third-order valence-corrected chi connectivity index (χ3v) is 12.7. The number of carbonyl (C=O) groups excluding carboxylic acids is 1. The summed E-state index contributed by atoms with van der Waals surface area (Å²) in [4.78, 5) is 15.9. The van der Waals surface area contributed by atoms with Crippen LogP contribution in [-0.4, -0.2) is 44.4 Å². The quantitative estimate of drug-likeness (QED) is 0.333. The van der Waals surface area contributed by atoms with Gasteiger partial charge in [0.2, 0.25) is 8.32 Å². The molecule has 2 aromatic carbocycles. The Balaban J connectivity index is 1.46. The molecule has 0 amide bonds. The van der Waals surface area contributed by atoms with Crippen LogP contribution in [0.25, 0.3) is 0 Å². The van der Waals surface area contributed by atoms with E-state index in [1.54, 1.807) is 0 Å². The first-order chi connectivity index (χ1) is 16.0. The van der Waals surface area contributed by atoms with Gasteiger partial charge in [-0.3, -0.25) is 4.79 Å². The molecule has 2 saturated heterocycles. The molecule has 2 aliphatic heterocycles. The van der Waals surface area contributed by atoms with E-state index in [0.29, 0.717) is 18.5 Å². The topological polar surface area (TPSA) is 38.8 Å². The van der Waals surface area contributed by atoms with Crippen molar-refractivity contribution in [2.24, 2.45) is 0 Å². The van der Waals surface area contributed by atoms with E-state index in [0.717, 1.165) is 29.7 Å². The number of rotatable bonds is 7. The van der Waals surface area contributed by atoms with Gasteiger partial charge in [0.1, 0.15) is 11.9 Å². The third-order valence-electron chi connectivity index (χ3n) is 8.37. The van der Waals surface area contributed by atoms with Gasteiger partial charge in [-0.25, -0.2) is 0 Å². The highest BCUT2D eigenvalue weighted by atomic mass is 28.4. The van der Waals surface area contributed by atoms with Crippen LogP contribution in [0.2, 0.25) is 18.1 Å². The molecule has 2 bridgehead atoms. The van der Waals surface area contributed by atoms with E-state index < -0.39 is 8.32 Å². The van der Waals surface area contributed by atoms with Crippen LogP contribution in [0, 0.1) is 0 Å². The Bertz CT molecular complexity index is 953. The Kier molecular flexibility index (Phi) is 7.25. The Labute approximate surface area is 206 Å². The second kappa shape index (κ2) is 9.86. The van der Waals surface area contributed by atoms with E-state index in [2.05, 4.69) is 70.1 Å². The number of nitrogens with zero attached hydrogens (tertiary/aromatic N) is 1. The van der Waals surface area contributed by atoms with Gasteiger partial charge >= 0.3 is 5.97 Å². The van der Waals surface area contributed by atoms with Gasteiger partial charge in [0, 0.05) is 12.1 Å². The van der Waals surface area contributed by atoms with Crippen molar-refractivity contribution in [2.45, 2.75) is 95.1 Å². The Morgan fingerprint density at radius 1 is 1.00 bits per heavy atom. The van der Waals surface area contributed by atoms with Crippen molar-refractivity contribution in [3.63, 3.8) is 0 Å². The Hall–Kier alpha value is -2.11. The first kappa shape index (κ1) is 25.0. The predicted octanol–water partition coefficient (Wildman–Crippen LogP) is 6.57. The van der Waals surface area contributed by atoms with Crippen LogP contribution >= 0.6 is 0 Å². The van der Waals surface area contributed by atoms with Crippen LogP contribution in [0.3, 0.4) is 0 Å². The standard InChI is InChI=1S/C29H41NO3Si/c1-29(2,3)34(5,6)33-25-16-12-21(13-17-25)18-27(22-10-8-7-9-11-22)28(31)32-26-19-23-14-15-24(20-26)30(23)4/h7-13,16-17,23-24,26-27H,14-15,18-20H2,1-6H3. The summed E-state index contributed by atoms with van der Waals surface area (Å²) < 4.78 is 12.6. The number of esters is 1. The summed E-state index contributed by atoms with van der Waals surface area (Å²) in [5, 5.41) is 0.154. The summed E-state index contributed by atoms with van der Waals surface area (Å²) in [5.74, 6) is 0.517. The third kappa shape index (κ3) is 5.57. The number of hydrogen-bond donors (Lipinski definition) is 0. The van der Waals surface area contributed by atoms with Gasteiger partial charge in [0.15, 0.2) is 0 Å². The van der Waals surface area contributed by atoms with Gasteiger partial charge in [0.05, 0.1) is 5.92 Å². The molecule has 0 aromatic heterocycles. The summed E-state index contributed by atoms with van der Waals surface area (Å²) in [5.41, 5.74) is 2.14. The van der Waals surface area contributed by atoms with Crippen LogP contribution in [0.1, 0.15) is 63.5 Å². The molecule has 0 N–H and O–H groups in total. The SMILES string of the molecule is CN1C2CCC1CC(OC(=O)C(Cc1ccc(O[Si](C)(C)C(C)(C)C)cc1)c1ccccc1)C2. The first-order valence-electron chi connectivity index (χ1n) is 12.8. The Morgan fingerprint density at radius 2 is 1.59 bits per heavy atom. The molecule has 0 spiro atoms. The van der Waals surface area contributed by atoms with Crippen LogP contribution in [-0.2, 0) is 16.0 Å². The smallest absolute Gasteiger partial charge is 0.314 e. The van der Waals surface area contributed by atoms with Crippen molar-refractivity contribution in [3.8, 4) is 5.75 Å². The highest BCUT2D eigenvalue weighted by Gasteiger charge is 2.41. The number of hydrogen-bond acceptors (Lipinski definition) is 4. The van der Waals surface area contributed by atoms with Gasteiger partial charge in [-0.1, -0.05) is 63.2 Å². The number of carbonyl (C=O) groups is 1. The molecule has 5 heteroatoms. The second-order valence-corrected chi connectivity index (χ2v) is 16.5. The summed E-state index contributed by atoms with van der Waals surface area (Å²) in [7, 11) is 0.334. The molecule has 2 aliphatic rings. The molecule has 2 heterocycles.